The van der Waals surface area contributed by atoms with Crippen molar-refractivity contribution < 1.29 is 4.74 Å². The molecule has 0 bridgehead atoms. The predicted octanol–water partition coefficient (Wildman–Crippen LogP) is 1.98. The molecule has 0 N–H and O–H groups in total. The summed E-state index contributed by atoms with van der Waals surface area (Å²) in [6.07, 6.45) is 9.83. The Kier molecular flexibility index (Phi) is 4.30. The molecular weight excluding hydrogens is 302 g/mol. The molecule has 0 radical (unpaired) electrons. The first-order chi connectivity index (χ1) is 11.8. The molecule has 2 aliphatic heterocycles. The summed E-state index contributed by atoms with van der Waals surface area (Å²) in [7, 11) is 1.65. The second-order valence-electron chi connectivity index (χ2n) is 6.59. The molecule has 0 aromatic carbocycles. The van der Waals surface area contributed by atoms with Gasteiger partial charge in [-0.05, 0) is 30.9 Å². The zero-order chi connectivity index (χ0) is 16.4. The highest BCUT2D eigenvalue weighted by Gasteiger charge is 2.38. The molecule has 6 nitrogen and oxygen atoms in total. The van der Waals surface area contributed by atoms with Crippen LogP contribution in [-0.4, -0.2) is 52.6 Å². The molecule has 2 aromatic rings. The Balaban J connectivity index is 1.45. The second-order valence-corrected chi connectivity index (χ2v) is 6.59. The number of methoxy groups -OCH3 is 1. The van der Waals surface area contributed by atoms with Crippen molar-refractivity contribution >= 4 is 5.82 Å². The molecule has 0 spiro atoms. The normalized spacial score (nSPS) is 24.0. The fourth-order valence-electron chi connectivity index (χ4n) is 3.95. The smallest absolute Gasteiger partial charge is 0.212 e. The molecule has 2 unspecified atom stereocenters. The third-order valence-corrected chi connectivity index (χ3v) is 5.24. The number of piperidine rings is 1. The van der Waals surface area contributed by atoms with Crippen LogP contribution in [0, 0.1) is 5.92 Å². The second kappa shape index (κ2) is 6.73. The maximum absolute atomic E-state index is 5.14. The summed E-state index contributed by atoms with van der Waals surface area (Å²) in [5.41, 5.74) is 1.24. The van der Waals surface area contributed by atoms with Crippen LogP contribution in [0.15, 0.2) is 36.9 Å². The Morgan fingerprint density at radius 3 is 2.79 bits per heavy atom. The van der Waals surface area contributed by atoms with Gasteiger partial charge in [-0.1, -0.05) is 6.07 Å². The fraction of sp³-hybridized carbons (Fsp3) is 0.500. The van der Waals surface area contributed by atoms with Gasteiger partial charge in [-0.15, -0.1) is 0 Å². The van der Waals surface area contributed by atoms with Crippen LogP contribution in [0.5, 0.6) is 5.88 Å². The van der Waals surface area contributed by atoms with Gasteiger partial charge in [0.2, 0.25) is 5.88 Å². The van der Waals surface area contributed by atoms with Crippen molar-refractivity contribution in [3.63, 3.8) is 0 Å². The van der Waals surface area contributed by atoms with Gasteiger partial charge in [0.25, 0.3) is 0 Å². The van der Waals surface area contributed by atoms with Gasteiger partial charge >= 0.3 is 0 Å². The van der Waals surface area contributed by atoms with Crippen molar-refractivity contribution in [3.8, 4) is 5.88 Å². The van der Waals surface area contributed by atoms with Crippen LogP contribution in [0.4, 0.5) is 5.82 Å². The molecule has 126 valence electrons. The van der Waals surface area contributed by atoms with Crippen molar-refractivity contribution in [3.05, 3.63) is 42.5 Å². The average molecular weight is 325 g/mol. The summed E-state index contributed by atoms with van der Waals surface area (Å²) in [4.78, 5) is 18.0. The Morgan fingerprint density at radius 1 is 1.12 bits per heavy atom. The lowest BCUT2D eigenvalue weighted by Gasteiger charge is -2.39. The summed E-state index contributed by atoms with van der Waals surface area (Å²) >= 11 is 0. The average Bonchev–Trinajstić information content (AvgIpc) is 3.05. The number of nitrogens with zero attached hydrogens (tertiary/aromatic N) is 5. The number of hydrogen-bond acceptors (Lipinski definition) is 6. The summed E-state index contributed by atoms with van der Waals surface area (Å²) in [6.45, 7) is 4.23. The Morgan fingerprint density at radius 2 is 2.04 bits per heavy atom. The van der Waals surface area contributed by atoms with Crippen molar-refractivity contribution in [2.45, 2.75) is 25.4 Å². The van der Waals surface area contributed by atoms with Crippen LogP contribution >= 0.6 is 0 Å². The van der Waals surface area contributed by atoms with Gasteiger partial charge in [0, 0.05) is 50.3 Å². The van der Waals surface area contributed by atoms with E-state index < -0.39 is 0 Å². The molecule has 2 saturated heterocycles. The first-order valence-corrected chi connectivity index (χ1v) is 8.57. The minimum absolute atomic E-state index is 0.586. The Bertz CT molecular complexity index is 663. The van der Waals surface area contributed by atoms with Gasteiger partial charge in [0.15, 0.2) is 0 Å². The monoisotopic (exact) mass is 325 g/mol. The van der Waals surface area contributed by atoms with Gasteiger partial charge in [0.1, 0.15) is 5.82 Å². The van der Waals surface area contributed by atoms with E-state index in [0.29, 0.717) is 11.9 Å². The zero-order valence-corrected chi connectivity index (χ0v) is 14.0. The van der Waals surface area contributed by atoms with Gasteiger partial charge in [0.05, 0.1) is 13.3 Å². The fourth-order valence-corrected chi connectivity index (χ4v) is 3.95. The van der Waals surface area contributed by atoms with E-state index in [4.69, 9.17) is 4.74 Å². The molecular formula is C18H23N5O. The van der Waals surface area contributed by atoms with Crippen molar-refractivity contribution in [2.24, 2.45) is 5.92 Å². The zero-order valence-electron chi connectivity index (χ0n) is 14.0. The van der Waals surface area contributed by atoms with E-state index in [1.54, 1.807) is 19.5 Å². The van der Waals surface area contributed by atoms with E-state index in [-0.39, 0.29) is 0 Å². The quantitative estimate of drug-likeness (QED) is 0.857. The molecule has 2 fully saturated rings. The van der Waals surface area contributed by atoms with Gasteiger partial charge < -0.3 is 9.64 Å². The lowest BCUT2D eigenvalue weighted by molar-refractivity contribution is 0.200. The SMILES string of the molecule is COc1ccc(CN2CCC3CCN(c4cnccn4)CC32)cn1. The number of aromatic nitrogens is 3. The number of ether oxygens (including phenoxy) is 1. The van der Waals surface area contributed by atoms with E-state index >= 15 is 0 Å². The summed E-state index contributed by atoms with van der Waals surface area (Å²) in [5.74, 6) is 2.46. The Hall–Kier alpha value is -2.21. The van der Waals surface area contributed by atoms with Gasteiger partial charge in [-0.2, -0.15) is 0 Å². The van der Waals surface area contributed by atoms with E-state index in [1.165, 1.54) is 18.4 Å². The van der Waals surface area contributed by atoms with Crippen molar-refractivity contribution in [1.29, 1.82) is 0 Å². The molecule has 6 heteroatoms. The molecule has 2 aromatic heterocycles. The largest absolute Gasteiger partial charge is 0.481 e. The molecule has 4 rings (SSSR count). The lowest BCUT2D eigenvalue weighted by atomic mass is 9.92. The third kappa shape index (κ3) is 3.06. The molecule has 0 aliphatic carbocycles. The van der Waals surface area contributed by atoms with Crippen molar-refractivity contribution in [2.75, 3.05) is 31.6 Å². The minimum atomic E-state index is 0.586. The highest BCUT2D eigenvalue weighted by molar-refractivity contribution is 5.36. The number of likely N-dealkylation sites (tertiary alicyclic amines) is 1. The van der Waals surface area contributed by atoms with E-state index in [2.05, 4.69) is 30.8 Å². The molecule has 0 saturated carbocycles. The molecule has 4 heterocycles. The number of hydrogen-bond donors (Lipinski definition) is 0. The number of fused-ring (bicyclic) bond motifs is 1. The van der Waals surface area contributed by atoms with Crippen LogP contribution in [0.25, 0.3) is 0 Å². The number of anilines is 1. The highest BCUT2D eigenvalue weighted by Crippen LogP contribution is 2.33. The number of pyridine rings is 1. The lowest BCUT2D eigenvalue weighted by Crippen LogP contribution is -2.48. The van der Waals surface area contributed by atoms with Crippen LogP contribution in [-0.2, 0) is 6.54 Å². The maximum atomic E-state index is 5.14. The van der Waals surface area contributed by atoms with Crippen LogP contribution in [0.2, 0.25) is 0 Å². The molecule has 2 atom stereocenters. The first-order valence-electron chi connectivity index (χ1n) is 8.57. The summed E-state index contributed by atoms with van der Waals surface area (Å²) in [6, 6.07) is 4.64. The van der Waals surface area contributed by atoms with Crippen molar-refractivity contribution in [1.82, 2.24) is 19.9 Å². The molecule has 24 heavy (non-hydrogen) atoms. The van der Waals surface area contributed by atoms with Gasteiger partial charge in [-0.3, -0.25) is 9.88 Å². The van der Waals surface area contributed by atoms with Crippen LogP contribution in [0.1, 0.15) is 18.4 Å². The van der Waals surface area contributed by atoms with Crippen LogP contribution < -0.4 is 9.64 Å². The first kappa shape index (κ1) is 15.3. The third-order valence-electron chi connectivity index (χ3n) is 5.24. The topological polar surface area (TPSA) is 54.4 Å². The molecule has 0 amide bonds. The summed E-state index contributed by atoms with van der Waals surface area (Å²) < 4.78 is 5.14. The number of rotatable bonds is 4. The Labute approximate surface area is 142 Å². The maximum Gasteiger partial charge on any atom is 0.212 e. The van der Waals surface area contributed by atoms with E-state index in [1.807, 2.05) is 18.5 Å². The van der Waals surface area contributed by atoms with Crippen LogP contribution in [0.3, 0.4) is 0 Å². The van der Waals surface area contributed by atoms with E-state index in [0.717, 1.165) is 37.9 Å². The summed E-state index contributed by atoms with van der Waals surface area (Å²) in [5, 5.41) is 0. The van der Waals surface area contributed by atoms with Gasteiger partial charge in [-0.25, -0.2) is 9.97 Å². The van der Waals surface area contributed by atoms with E-state index in [9.17, 15) is 0 Å². The molecule has 2 aliphatic rings. The predicted molar refractivity (Wildman–Crippen MR) is 92.0 cm³/mol. The minimum Gasteiger partial charge on any atom is -0.481 e. The standard InChI is InChI=1S/C18H23N5O/c1-24-18-3-2-14(10-21-18)12-22-8-4-15-5-9-23(13-16(15)22)17-11-19-6-7-20-17/h2-3,6-7,10-11,15-16H,4-5,8-9,12-13H2,1H3. The highest BCUT2D eigenvalue weighted by atomic mass is 16.5.